The second kappa shape index (κ2) is 8.80. The molecule has 2 aromatic rings. The maximum atomic E-state index is 13.1. The fourth-order valence-electron chi connectivity index (χ4n) is 3.39. The molecule has 0 spiro atoms. The van der Waals surface area contributed by atoms with Gasteiger partial charge in [-0.25, -0.2) is 4.79 Å². The lowest BCUT2D eigenvalue weighted by Crippen LogP contribution is -2.72. The normalized spacial score (nSPS) is 20.7. The number of β-lactam (4-membered cyclic amide) rings is 1. The molecule has 4 rings (SSSR count). The minimum Gasteiger partial charge on any atom is -0.477 e. The highest BCUT2D eigenvalue weighted by Gasteiger charge is 2.54. The number of nitrogens with one attached hydrogen (secondary N) is 1. The maximum absolute atomic E-state index is 13.1. The number of fused-ring (bicyclic) bond motifs is 1. The van der Waals surface area contributed by atoms with Gasteiger partial charge in [0.05, 0.1) is 6.04 Å². The molecular weight excluding hydrogens is 525 g/mol. The van der Waals surface area contributed by atoms with Gasteiger partial charge in [-0.2, -0.15) is 22.5 Å². The first-order chi connectivity index (χ1) is 16.0. The molecule has 180 valence electrons. The number of amides is 2. The average Bonchev–Trinajstić information content (AvgIpc) is 3.41. The fourth-order valence-corrected chi connectivity index (χ4v) is 5.80. The Kier molecular flexibility index (Phi) is 6.16. The lowest BCUT2D eigenvalue weighted by atomic mass is 9.86. The van der Waals surface area contributed by atoms with E-state index in [0.717, 1.165) is 16.4 Å². The van der Waals surface area contributed by atoms with Gasteiger partial charge in [-0.05, 0) is 24.4 Å². The van der Waals surface area contributed by atoms with Crippen molar-refractivity contribution in [3.05, 3.63) is 22.1 Å². The second-order valence-corrected chi connectivity index (χ2v) is 9.66. The number of carboxylic acid groups (broad SMARTS) is 1. The van der Waals surface area contributed by atoms with E-state index < -0.39 is 53.1 Å². The van der Waals surface area contributed by atoms with Crippen molar-refractivity contribution in [2.45, 2.75) is 35.3 Å². The van der Waals surface area contributed by atoms with Crippen LogP contribution in [0.1, 0.15) is 24.4 Å². The zero-order chi connectivity index (χ0) is 24.8. The molecule has 2 amide bonds. The minimum absolute atomic E-state index is 0.00761. The van der Waals surface area contributed by atoms with E-state index in [1.54, 1.807) is 0 Å². The first-order valence-corrected chi connectivity index (χ1v) is 11.4. The number of nitrogens with zero attached hydrogens (tertiary/aromatic N) is 6. The smallest absolute Gasteiger partial charge is 0.437 e. The number of hydrogen-bond acceptors (Lipinski definition) is 13. The molecule has 2 aliphatic heterocycles. The van der Waals surface area contributed by atoms with Gasteiger partial charge in [0, 0.05) is 16.4 Å². The molecule has 5 N–H and O–H groups in total. The van der Waals surface area contributed by atoms with Crippen LogP contribution in [0.5, 0.6) is 0 Å². The number of aromatic nitrogens is 4. The van der Waals surface area contributed by atoms with E-state index in [1.807, 2.05) is 0 Å². The van der Waals surface area contributed by atoms with E-state index in [0.29, 0.717) is 23.3 Å². The molecule has 1 fully saturated rings. The Morgan fingerprint density at radius 2 is 2.06 bits per heavy atom. The van der Waals surface area contributed by atoms with Crippen LogP contribution >= 0.6 is 34.8 Å². The minimum atomic E-state index is -4.78. The number of rotatable bonds is 6. The third-order valence-corrected chi connectivity index (χ3v) is 7.35. The van der Waals surface area contributed by atoms with Gasteiger partial charge in [0.15, 0.2) is 10.8 Å². The summed E-state index contributed by atoms with van der Waals surface area (Å²) >= 11 is 1.74. The predicted molar refractivity (Wildman–Crippen MR) is 110 cm³/mol. The number of carbonyl (C=O) groups excluding carboxylic acids is 2. The number of carbonyl (C=O) groups is 3. The molecule has 0 radical (unpaired) electrons. The lowest BCUT2D eigenvalue weighted by molar-refractivity contribution is -0.155. The van der Waals surface area contributed by atoms with Crippen LogP contribution in [-0.4, -0.2) is 69.7 Å². The number of allylic oxidation sites excluding steroid dienone is 1. The maximum Gasteiger partial charge on any atom is 0.437 e. The van der Waals surface area contributed by atoms with Crippen LogP contribution in [-0.2, 0) is 20.6 Å². The summed E-state index contributed by atoms with van der Waals surface area (Å²) < 4.78 is 46.0. The largest absolute Gasteiger partial charge is 0.477 e. The Morgan fingerprint density at radius 3 is 2.65 bits per heavy atom. The number of nitrogen functional groups attached to an aromatic ring is 1. The van der Waals surface area contributed by atoms with Crippen molar-refractivity contribution in [3.8, 4) is 0 Å². The SMILES string of the molecule is Nc1nc(/C(=N/O)C(=O)N[C@@H]2C(=O)N3C(C(=O)O)=C(Sc4snnc4C(F)(F)F)CC[C@H]23)ns1. The first kappa shape index (κ1) is 23.8. The van der Waals surface area contributed by atoms with Gasteiger partial charge >= 0.3 is 12.1 Å². The molecule has 0 aliphatic carbocycles. The summed E-state index contributed by atoms with van der Waals surface area (Å²) in [6.07, 6.45) is -4.61. The summed E-state index contributed by atoms with van der Waals surface area (Å²) in [5, 5.41) is 27.1. The molecule has 34 heavy (non-hydrogen) atoms. The molecule has 19 heteroatoms. The Balaban J connectivity index is 1.55. The third kappa shape index (κ3) is 4.16. The van der Waals surface area contributed by atoms with Crippen molar-refractivity contribution in [1.29, 1.82) is 0 Å². The quantitative estimate of drug-likeness (QED) is 0.176. The summed E-state index contributed by atoms with van der Waals surface area (Å²) in [6.45, 7) is 0. The fraction of sp³-hybridized carbons (Fsp3) is 0.333. The van der Waals surface area contributed by atoms with Crippen LogP contribution in [0.2, 0.25) is 0 Å². The van der Waals surface area contributed by atoms with Crippen LogP contribution in [0.3, 0.4) is 0 Å². The molecular formula is C15H11F3N8O5S3. The van der Waals surface area contributed by atoms with E-state index in [2.05, 4.69) is 29.4 Å². The topological polar surface area (TPSA) is 197 Å². The molecule has 2 aromatic heterocycles. The number of hydrogen-bond donors (Lipinski definition) is 4. The summed E-state index contributed by atoms with van der Waals surface area (Å²) in [7, 11) is 0. The number of nitrogens with two attached hydrogens (primary N) is 1. The second-order valence-electron chi connectivity index (χ2n) is 6.76. The van der Waals surface area contributed by atoms with E-state index in [9.17, 15) is 32.7 Å². The van der Waals surface area contributed by atoms with Gasteiger partial charge in [-0.15, -0.1) is 5.10 Å². The van der Waals surface area contributed by atoms with Gasteiger partial charge in [-0.1, -0.05) is 21.4 Å². The molecule has 0 bridgehead atoms. The van der Waals surface area contributed by atoms with Gasteiger partial charge in [-0.3, -0.25) is 14.5 Å². The molecule has 0 unspecified atom stereocenters. The van der Waals surface area contributed by atoms with Crippen molar-refractivity contribution < 1.29 is 37.9 Å². The number of halogens is 3. The predicted octanol–water partition coefficient (Wildman–Crippen LogP) is 0.747. The summed E-state index contributed by atoms with van der Waals surface area (Å²) in [6, 6.07) is -1.93. The van der Waals surface area contributed by atoms with Crippen LogP contribution < -0.4 is 11.1 Å². The molecule has 0 saturated carbocycles. The zero-order valence-corrected chi connectivity index (χ0v) is 18.8. The zero-order valence-electron chi connectivity index (χ0n) is 16.3. The molecule has 0 aromatic carbocycles. The summed E-state index contributed by atoms with van der Waals surface area (Å²) in [5.74, 6) is -3.57. The first-order valence-electron chi connectivity index (χ1n) is 9.02. The van der Waals surface area contributed by atoms with Crippen molar-refractivity contribution in [1.82, 2.24) is 29.2 Å². The van der Waals surface area contributed by atoms with Crippen LogP contribution in [0.25, 0.3) is 0 Å². The molecule has 2 aliphatic rings. The van der Waals surface area contributed by atoms with Gasteiger partial charge in [0.25, 0.3) is 11.8 Å². The summed E-state index contributed by atoms with van der Waals surface area (Å²) in [4.78, 5) is 41.8. The van der Waals surface area contributed by atoms with Crippen molar-refractivity contribution >= 4 is 63.5 Å². The Labute approximate surface area is 198 Å². The average molecular weight is 536 g/mol. The van der Waals surface area contributed by atoms with Crippen LogP contribution in [0.15, 0.2) is 20.0 Å². The van der Waals surface area contributed by atoms with E-state index in [-0.39, 0.29) is 32.9 Å². The Bertz CT molecular complexity index is 1240. The highest BCUT2D eigenvalue weighted by atomic mass is 32.2. The van der Waals surface area contributed by atoms with Crippen molar-refractivity contribution in [2.24, 2.45) is 5.16 Å². The van der Waals surface area contributed by atoms with Crippen molar-refractivity contribution in [2.75, 3.05) is 5.73 Å². The van der Waals surface area contributed by atoms with E-state index >= 15 is 0 Å². The number of thioether (sulfide) groups is 1. The molecule has 2 atom stereocenters. The standard InChI is InChI=1S/C15H11F3N8O5S3/c16-15(17,18)8-13(33-25-22-8)32-4-2-1-3-5(11(28)26(3)7(4)12(29)30)20-10(27)6(23-31)9-21-14(19)34-24-9/h3,5,31H,1-2H2,(H,20,27)(H,29,30)(H2,19,21,24)/b23-6-/t3-,5+/m1/s1. The number of anilines is 1. The number of oxime groups is 1. The highest BCUT2D eigenvalue weighted by molar-refractivity contribution is 8.04. The Morgan fingerprint density at radius 1 is 1.32 bits per heavy atom. The third-order valence-electron chi connectivity index (χ3n) is 4.79. The van der Waals surface area contributed by atoms with Gasteiger partial charge in [0.1, 0.15) is 15.9 Å². The van der Waals surface area contributed by atoms with Crippen LogP contribution in [0.4, 0.5) is 18.3 Å². The van der Waals surface area contributed by atoms with Crippen molar-refractivity contribution in [3.63, 3.8) is 0 Å². The monoisotopic (exact) mass is 536 g/mol. The van der Waals surface area contributed by atoms with E-state index in [4.69, 9.17) is 10.9 Å². The molecule has 4 heterocycles. The number of aliphatic carboxylic acids is 1. The lowest BCUT2D eigenvalue weighted by Gasteiger charge is -2.50. The highest BCUT2D eigenvalue weighted by Crippen LogP contribution is 2.46. The number of alkyl halides is 3. The molecule has 13 nitrogen and oxygen atoms in total. The van der Waals surface area contributed by atoms with E-state index in [1.165, 1.54) is 0 Å². The molecule has 1 saturated heterocycles. The van der Waals surface area contributed by atoms with Crippen LogP contribution in [0, 0.1) is 0 Å². The number of carboxylic acids is 1. The Hall–Kier alpha value is -3.32. The summed E-state index contributed by atoms with van der Waals surface area (Å²) in [5.41, 5.74) is 3.12. The van der Waals surface area contributed by atoms with Gasteiger partial charge < -0.3 is 21.4 Å². The van der Waals surface area contributed by atoms with Gasteiger partial charge in [0.2, 0.25) is 11.5 Å².